The molecule has 0 aromatic carbocycles. The van der Waals surface area contributed by atoms with Crippen LogP contribution in [0.4, 0.5) is 4.39 Å². The SMILES string of the molecule is CCCC(F)(CN)CCCC1CCCO1. The van der Waals surface area contributed by atoms with Crippen molar-refractivity contribution < 1.29 is 9.13 Å². The fraction of sp³-hybridized carbons (Fsp3) is 1.00. The van der Waals surface area contributed by atoms with Crippen molar-refractivity contribution in [2.75, 3.05) is 13.2 Å². The van der Waals surface area contributed by atoms with Gasteiger partial charge in [0.15, 0.2) is 0 Å². The minimum absolute atomic E-state index is 0.159. The van der Waals surface area contributed by atoms with Gasteiger partial charge in [-0.25, -0.2) is 4.39 Å². The van der Waals surface area contributed by atoms with Crippen molar-refractivity contribution in [3.63, 3.8) is 0 Å². The van der Waals surface area contributed by atoms with E-state index in [2.05, 4.69) is 0 Å². The lowest BCUT2D eigenvalue weighted by Crippen LogP contribution is -2.33. The average molecular weight is 217 g/mol. The summed E-state index contributed by atoms with van der Waals surface area (Å²) in [7, 11) is 0. The molecule has 1 heterocycles. The number of nitrogens with two attached hydrogens (primary N) is 1. The predicted molar refractivity (Wildman–Crippen MR) is 60.6 cm³/mol. The van der Waals surface area contributed by atoms with Crippen LogP contribution in [0.5, 0.6) is 0 Å². The van der Waals surface area contributed by atoms with Gasteiger partial charge in [0.2, 0.25) is 0 Å². The predicted octanol–water partition coefficient (Wildman–Crippen LogP) is 2.80. The Labute approximate surface area is 92.4 Å². The lowest BCUT2D eigenvalue weighted by molar-refractivity contribution is 0.0894. The van der Waals surface area contributed by atoms with Gasteiger partial charge in [0, 0.05) is 13.2 Å². The fourth-order valence-electron chi connectivity index (χ4n) is 2.30. The van der Waals surface area contributed by atoms with Crippen molar-refractivity contribution >= 4 is 0 Å². The summed E-state index contributed by atoms with van der Waals surface area (Å²) in [5, 5.41) is 0. The van der Waals surface area contributed by atoms with E-state index in [1.807, 2.05) is 6.92 Å². The van der Waals surface area contributed by atoms with Gasteiger partial charge in [0.05, 0.1) is 6.10 Å². The van der Waals surface area contributed by atoms with Crippen molar-refractivity contribution in [2.45, 2.75) is 63.6 Å². The van der Waals surface area contributed by atoms with Gasteiger partial charge in [0.25, 0.3) is 0 Å². The van der Waals surface area contributed by atoms with Gasteiger partial charge in [0.1, 0.15) is 5.67 Å². The molecule has 0 saturated carbocycles. The molecule has 1 rings (SSSR count). The molecule has 0 radical (unpaired) electrons. The van der Waals surface area contributed by atoms with E-state index in [0.29, 0.717) is 18.9 Å². The van der Waals surface area contributed by atoms with Crippen molar-refractivity contribution in [1.82, 2.24) is 0 Å². The summed E-state index contributed by atoms with van der Waals surface area (Å²) in [5.41, 5.74) is 4.35. The Morgan fingerprint density at radius 1 is 1.47 bits per heavy atom. The third-order valence-electron chi connectivity index (χ3n) is 3.24. The number of rotatable bonds is 7. The van der Waals surface area contributed by atoms with Crippen LogP contribution in [0.25, 0.3) is 0 Å². The van der Waals surface area contributed by atoms with Crippen LogP contribution in [-0.2, 0) is 4.74 Å². The molecule has 1 fully saturated rings. The first-order chi connectivity index (χ1) is 7.20. The Balaban J connectivity index is 2.15. The van der Waals surface area contributed by atoms with E-state index in [1.54, 1.807) is 0 Å². The Kier molecular flexibility index (Phi) is 5.54. The molecule has 0 bridgehead atoms. The standard InChI is InChI=1S/C12H24FNO/c1-2-7-12(13,10-14)8-3-5-11-6-4-9-15-11/h11H,2-10,14H2,1H3. The van der Waals surface area contributed by atoms with Crippen LogP contribution in [0.1, 0.15) is 51.9 Å². The lowest BCUT2D eigenvalue weighted by Gasteiger charge is -2.23. The van der Waals surface area contributed by atoms with Crippen LogP contribution in [0.15, 0.2) is 0 Å². The quantitative estimate of drug-likeness (QED) is 0.711. The number of hydrogen-bond acceptors (Lipinski definition) is 2. The number of halogens is 1. The molecule has 0 aromatic rings. The minimum Gasteiger partial charge on any atom is -0.378 e. The average Bonchev–Trinajstić information content (AvgIpc) is 2.71. The molecule has 2 unspecified atom stereocenters. The highest BCUT2D eigenvalue weighted by Gasteiger charge is 2.27. The largest absolute Gasteiger partial charge is 0.378 e. The first-order valence-corrected chi connectivity index (χ1v) is 6.21. The monoisotopic (exact) mass is 217 g/mol. The van der Waals surface area contributed by atoms with Gasteiger partial charge in [-0.1, -0.05) is 13.3 Å². The highest BCUT2D eigenvalue weighted by Crippen LogP contribution is 2.26. The van der Waals surface area contributed by atoms with Crippen LogP contribution >= 0.6 is 0 Å². The van der Waals surface area contributed by atoms with E-state index in [0.717, 1.165) is 38.7 Å². The summed E-state index contributed by atoms with van der Waals surface area (Å²) in [6.07, 6.45) is 6.65. The summed E-state index contributed by atoms with van der Waals surface area (Å²) in [4.78, 5) is 0. The lowest BCUT2D eigenvalue weighted by atomic mass is 9.93. The van der Waals surface area contributed by atoms with Crippen LogP contribution in [0, 0.1) is 0 Å². The van der Waals surface area contributed by atoms with Crippen LogP contribution < -0.4 is 5.73 Å². The zero-order chi connectivity index (χ0) is 11.1. The van der Waals surface area contributed by atoms with Gasteiger partial charge < -0.3 is 10.5 Å². The molecule has 90 valence electrons. The third kappa shape index (κ3) is 4.47. The van der Waals surface area contributed by atoms with Gasteiger partial charge in [-0.05, 0) is 38.5 Å². The van der Waals surface area contributed by atoms with Crippen molar-refractivity contribution in [2.24, 2.45) is 5.73 Å². The second kappa shape index (κ2) is 6.44. The molecule has 0 spiro atoms. The van der Waals surface area contributed by atoms with Crippen molar-refractivity contribution in [1.29, 1.82) is 0 Å². The molecular formula is C12H24FNO. The minimum atomic E-state index is -1.13. The maximum atomic E-state index is 14.0. The zero-order valence-corrected chi connectivity index (χ0v) is 9.80. The van der Waals surface area contributed by atoms with E-state index in [9.17, 15) is 4.39 Å². The summed E-state index contributed by atoms with van der Waals surface area (Å²) in [6.45, 7) is 3.05. The molecule has 1 aliphatic heterocycles. The topological polar surface area (TPSA) is 35.2 Å². The third-order valence-corrected chi connectivity index (χ3v) is 3.24. The Morgan fingerprint density at radius 3 is 2.80 bits per heavy atom. The highest BCUT2D eigenvalue weighted by atomic mass is 19.1. The normalized spacial score (nSPS) is 25.4. The van der Waals surface area contributed by atoms with E-state index < -0.39 is 5.67 Å². The van der Waals surface area contributed by atoms with Gasteiger partial charge in [-0.3, -0.25) is 0 Å². The van der Waals surface area contributed by atoms with Crippen LogP contribution in [0.3, 0.4) is 0 Å². The number of hydrogen-bond donors (Lipinski definition) is 1. The fourth-order valence-corrected chi connectivity index (χ4v) is 2.30. The molecule has 15 heavy (non-hydrogen) atoms. The number of alkyl halides is 1. The van der Waals surface area contributed by atoms with E-state index in [1.165, 1.54) is 0 Å². The summed E-state index contributed by atoms with van der Waals surface area (Å²) >= 11 is 0. The van der Waals surface area contributed by atoms with E-state index >= 15 is 0 Å². The van der Waals surface area contributed by atoms with Gasteiger partial charge in [-0.2, -0.15) is 0 Å². The Bertz CT molecular complexity index is 171. The van der Waals surface area contributed by atoms with Crippen LogP contribution in [-0.4, -0.2) is 24.9 Å². The number of ether oxygens (including phenoxy) is 1. The molecule has 1 aliphatic rings. The second-order valence-electron chi connectivity index (χ2n) is 4.63. The van der Waals surface area contributed by atoms with Gasteiger partial charge in [-0.15, -0.1) is 0 Å². The molecule has 0 aliphatic carbocycles. The van der Waals surface area contributed by atoms with E-state index in [-0.39, 0.29) is 6.54 Å². The molecule has 3 heteroatoms. The maximum absolute atomic E-state index is 14.0. The first-order valence-electron chi connectivity index (χ1n) is 6.21. The van der Waals surface area contributed by atoms with Crippen molar-refractivity contribution in [3.8, 4) is 0 Å². The molecule has 0 aromatic heterocycles. The zero-order valence-electron chi connectivity index (χ0n) is 9.80. The molecule has 2 atom stereocenters. The van der Waals surface area contributed by atoms with E-state index in [4.69, 9.17) is 10.5 Å². The van der Waals surface area contributed by atoms with Crippen LogP contribution in [0.2, 0.25) is 0 Å². The van der Waals surface area contributed by atoms with Crippen molar-refractivity contribution in [3.05, 3.63) is 0 Å². The molecular weight excluding hydrogens is 193 g/mol. The molecule has 1 saturated heterocycles. The molecule has 0 amide bonds. The first kappa shape index (κ1) is 12.9. The molecule has 2 nitrogen and oxygen atoms in total. The molecule has 2 N–H and O–H groups in total. The summed E-state index contributed by atoms with van der Waals surface area (Å²) < 4.78 is 19.5. The highest BCUT2D eigenvalue weighted by molar-refractivity contribution is 4.80. The second-order valence-corrected chi connectivity index (χ2v) is 4.63. The maximum Gasteiger partial charge on any atom is 0.123 e. The van der Waals surface area contributed by atoms with Gasteiger partial charge >= 0.3 is 0 Å². The summed E-state index contributed by atoms with van der Waals surface area (Å²) in [6, 6.07) is 0. The Hall–Kier alpha value is -0.150. The summed E-state index contributed by atoms with van der Waals surface area (Å²) in [5.74, 6) is 0. The smallest absolute Gasteiger partial charge is 0.123 e. The Morgan fingerprint density at radius 2 is 2.27 bits per heavy atom.